The van der Waals surface area contributed by atoms with E-state index >= 15 is 0 Å². The van der Waals surface area contributed by atoms with Crippen LogP contribution in [0.4, 0.5) is 24.7 Å². The Labute approximate surface area is 200 Å². The highest BCUT2D eigenvalue weighted by molar-refractivity contribution is 5.71. The van der Waals surface area contributed by atoms with Crippen LogP contribution in [-0.2, 0) is 12.7 Å². The molecule has 0 bridgehead atoms. The summed E-state index contributed by atoms with van der Waals surface area (Å²) < 4.78 is 41.3. The van der Waals surface area contributed by atoms with E-state index in [4.69, 9.17) is 4.98 Å². The molecule has 0 atom stereocenters. The molecule has 0 amide bonds. The second-order valence-corrected chi connectivity index (χ2v) is 9.50. The van der Waals surface area contributed by atoms with Crippen LogP contribution in [0.2, 0.25) is 0 Å². The molecule has 0 N–H and O–H groups in total. The Morgan fingerprint density at radius 3 is 2.54 bits per heavy atom. The molecule has 3 aromatic heterocycles. The molecule has 2 saturated heterocycles. The maximum atomic E-state index is 13.1. The molecule has 0 saturated carbocycles. The molecule has 5 heterocycles. The van der Waals surface area contributed by atoms with Crippen LogP contribution < -0.4 is 9.80 Å². The summed E-state index contributed by atoms with van der Waals surface area (Å²) in [5.41, 5.74) is 2.40. The van der Waals surface area contributed by atoms with Gasteiger partial charge in [0.25, 0.3) is 0 Å². The van der Waals surface area contributed by atoms with Gasteiger partial charge in [-0.05, 0) is 30.5 Å². The van der Waals surface area contributed by atoms with Gasteiger partial charge in [-0.3, -0.25) is 4.98 Å². The third kappa shape index (κ3) is 4.17. The fourth-order valence-corrected chi connectivity index (χ4v) is 5.25. The molecular formula is C25H24F3N7. The quantitative estimate of drug-likeness (QED) is 0.433. The minimum atomic E-state index is -4.44. The Bertz CT molecular complexity index is 1350. The van der Waals surface area contributed by atoms with Crippen LogP contribution in [-0.4, -0.2) is 50.9 Å². The predicted molar refractivity (Wildman–Crippen MR) is 126 cm³/mol. The van der Waals surface area contributed by atoms with Crippen molar-refractivity contribution in [1.82, 2.24) is 24.7 Å². The monoisotopic (exact) mass is 479 g/mol. The van der Waals surface area contributed by atoms with Crippen molar-refractivity contribution in [3.8, 4) is 0 Å². The van der Waals surface area contributed by atoms with Crippen molar-refractivity contribution in [3.05, 3.63) is 72.3 Å². The first-order chi connectivity index (χ1) is 16.9. The van der Waals surface area contributed by atoms with Gasteiger partial charge in [-0.15, -0.1) is 0 Å². The molecule has 1 aromatic carbocycles. The largest absolute Gasteiger partial charge is 0.433 e. The topological polar surface area (TPSA) is 63.0 Å². The van der Waals surface area contributed by atoms with Crippen molar-refractivity contribution < 1.29 is 13.2 Å². The Morgan fingerprint density at radius 2 is 1.74 bits per heavy atom. The highest BCUT2D eigenvalue weighted by Gasteiger charge is 2.46. The number of hydrogen-bond acceptors (Lipinski definition) is 6. The highest BCUT2D eigenvalue weighted by Crippen LogP contribution is 2.42. The molecule has 2 aliphatic rings. The molecule has 7 nitrogen and oxygen atoms in total. The fraction of sp³-hybridized carbons (Fsp3) is 0.360. The van der Waals surface area contributed by atoms with E-state index in [1.807, 2.05) is 22.9 Å². The van der Waals surface area contributed by atoms with Crippen molar-refractivity contribution >= 4 is 22.7 Å². The Balaban J connectivity index is 1.18. The molecule has 10 heteroatoms. The number of halogens is 3. The smallest absolute Gasteiger partial charge is 0.371 e. The number of piperidine rings is 1. The summed E-state index contributed by atoms with van der Waals surface area (Å²) >= 11 is 0. The summed E-state index contributed by atoms with van der Waals surface area (Å²) in [5, 5.41) is 4.47. The first kappa shape index (κ1) is 21.8. The lowest BCUT2D eigenvalue weighted by molar-refractivity contribution is -0.141. The summed E-state index contributed by atoms with van der Waals surface area (Å²) in [7, 11) is 0. The number of anilines is 2. The number of aromatic nitrogens is 5. The summed E-state index contributed by atoms with van der Waals surface area (Å²) in [5.74, 6) is 0.804. The molecule has 2 aliphatic heterocycles. The summed E-state index contributed by atoms with van der Waals surface area (Å²) in [6.07, 6.45) is 2.29. The molecule has 2 fully saturated rings. The molecule has 0 radical (unpaired) electrons. The number of hydrogen-bond donors (Lipinski definition) is 0. The second-order valence-electron chi connectivity index (χ2n) is 9.50. The van der Waals surface area contributed by atoms with Gasteiger partial charge in [-0.2, -0.15) is 18.3 Å². The number of nitrogens with zero attached hydrogens (tertiary/aromatic N) is 7. The number of alkyl halides is 3. The summed E-state index contributed by atoms with van der Waals surface area (Å²) in [6, 6.07) is 12.9. The van der Waals surface area contributed by atoms with E-state index < -0.39 is 11.9 Å². The molecule has 180 valence electrons. The number of pyridine rings is 1. The summed E-state index contributed by atoms with van der Waals surface area (Å²) in [4.78, 5) is 17.2. The zero-order valence-corrected chi connectivity index (χ0v) is 19.0. The molecule has 0 unspecified atom stereocenters. The van der Waals surface area contributed by atoms with Gasteiger partial charge in [0.1, 0.15) is 17.0 Å². The third-order valence-electron chi connectivity index (χ3n) is 6.94. The average Bonchev–Trinajstić information content (AvgIpc) is 3.24. The van der Waals surface area contributed by atoms with E-state index in [-0.39, 0.29) is 5.41 Å². The highest BCUT2D eigenvalue weighted by atomic mass is 19.4. The predicted octanol–water partition coefficient (Wildman–Crippen LogP) is 4.40. The number of rotatable bonds is 4. The van der Waals surface area contributed by atoms with E-state index in [0.29, 0.717) is 18.8 Å². The zero-order valence-electron chi connectivity index (χ0n) is 19.0. The third-order valence-corrected chi connectivity index (χ3v) is 6.94. The second kappa shape index (κ2) is 8.21. The number of benzene rings is 1. The van der Waals surface area contributed by atoms with Crippen molar-refractivity contribution in [2.24, 2.45) is 5.41 Å². The van der Waals surface area contributed by atoms with Crippen LogP contribution in [0.5, 0.6) is 0 Å². The van der Waals surface area contributed by atoms with Gasteiger partial charge >= 0.3 is 6.18 Å². The molecule has 1 spiro atoms. The molecule has 6 rings (SSSR count). The minimum Gasteiger partial charge on any atom is -0.371 e. The van der Waals surface area contributed by atoms with Gasteiger partial charge in [0.05, 0.1) is 18.9 Å². The summed E-state index contributed by atoms with van der Waals surface area (Å²) in [6.45, 7) is 3.68. The molecule has 35 heavy (non-hydrogen) atoms. The molecule has 4 aromatic rings. The Hall–Kier alpha value is -3.69. The van der Waals surface area contributed by atoms with Crippen molar-refractivity contribution in [2.75, 3.05) is 36.0 Å². The van der Waals surface area contributed by atoms with E-state index in [9.17, 15) is 13.2 Å². The first-order valence-corrected chi connectivity index (χ1v) is 11.6. The average molecular weight is 480 g/mol. The van der Waals surface area contributed by atoms with Gasteiger partial charge in [0.2, 0.25) is 0 Å². The van der Waals surface area contributed by atoms with E-state index in [2.05, 4.69) is 37.0 Å². The van der Waals surface area contributed by atoms with Gasteiger partial charge in [-0.1, -0.05) is 30.3 Å². The SMILES string of the molecule is FC(F)(F)c1cc(N2CCCC3(C2)CN(c2cnc4cnn(Cc5ccccc5)c4n2)C3)ccn1. The van der Waals surface area contributed by atoms with Crippen molar-refractivity contribution in [3.63, 3.8) is 0 Å². The van der Waals surface area contributed by atoms with Crippen LogP contribution in [0, 0.1) is 5.41 Å². The first-order valence-electron chi connectivity index (χ1n) is 11.6. The maximum absolute atomic E-state index is 13.1. The lowest BCUT2D eigenvalue weighted by Gasteiger charge is -2.55. The minimum absolute atomic E-state index is 0.0286. The zero-order chi connectivity index (χ0) is 24.0. The normalized spacial score (nSPS) is 17.7. The van der Waals surface area contributed by atoms with Crippen LogP contribution in [0.15, 0.2) is 61.1 Å². The van der Waals surface area contributed by atoms with Gasteiger partial charge in [-0.25, -0.2) is 14.6 Å². The van der Waals surface area contributed by atoms with Gasteiger partial charge in [0, 0.05) is 43.5 Å². The number of fused-ring (bicyclic) bond motifs is 1. The Morgan fingerprint density at radius 1 is 0.943 bits per heavy atom. The van der Waals surface area contributed by atoms with Gasteiger partial charge < -0.3 is 9.80 Å². The van der Waals surface area contributed by atoms with Crippen LogP contribution >= 0.6 is 0 Å². The molecular weight excluding hydrogens is 455 g/mol. The van der Waals surface area contributed by atoms with Crippen LogP contribution in [0.3, 0.4) is 0 Å². The van der Waals surface area contributed by atoms with E-state index in [1.165, 1.54) is 6.20 Å². The van der Waals surface area contributed by atoms with Gasteiger partial charge in [0.15, 0.2) is 5.65 Å². The van der Waals surface area contributed by atoms with Crippen molar-refractivity contribution in [2.45, 2.75) is 25.6 Å². The van der Waals surface area contributed by atoms with E-state index in [0.717, 1.165) is 61.1 Å². The standard InChI is InChI=1S/C25H24F3N7/c26-25(27,28)21-11-19(7-9-29-21)33-10-4-8-24(15-33)16-34(17-24)22-13-30-20-12-31-35(23(20)32-22)14-18-5-2-1-3-6-18/h1-3,5-7,9,11-13H,4,8,10,14-17H2. The van der Waals surface area contributed by atoms with E-state index in [1.54, 1.807) is 18.5 Å². The van der Waals surface area contributed by atoms with Crippen LogP contribution in [0.1, 0.15) is 24.1 Å². The maximum Gasteiger partial charge on any atom is 0.433 e. The molecule has 0 aliphatic carbocycles. The van der Waals surface area contributed by atoms with Crippen LogP contribution in [0.25, 0.3) is 11.2 Å². The Kier molecular flexibility index (Phi) is 5.12. The lowest BCUT2D eigenvalue weighted by Crippen LogP contribution is -2.63. The van der Waals surface area contributed by atoms with Crippen molar-refractivity contribution in [1.29, 1.82) is 0 Å². The fourth-order valence-electron chi connectivity index (χ4n) is 5.25. The lowest BCUT2D eigenvalue weighted by atomic mass is 9.73.